The van der Waals surface area contributed by atoms with Crippen LogP contribution >= 0.6 is 11.6 Å². The lowest BCUT2D eigenvalue weighted by atomic mass is 10.1. The van der Waals surface area contributed by atoms with Crippen molar-refractivity contribution in [1.29, 1.82) is 0 Å². The van der Waals surface area contributed by atoms with Crippen molar-refractivity contribution >= 4 is 28.7 Å². The molecule has 0 fully saturated rings. The first-order valence-corrected chi connectivity index (χ1v) is 12.8. The molecule has 0 aliphatic rings. The molecule has 4 heterocycles. The summed E-state index contributed by atoms with van der Waals surface area (Å²) in [6, 6.07) is 28.0. The maximum Gasteiger partial charge on any atom is 0.178 e. The minimum Gasteiger partial charge on any atom is -0.362 e. The molecule has 6 aromatic rings. The lowest BCUT2D eigenvalue weighted by Gasteiger charge is -2.14. The van der Waals surface area contributed by atoms with E-state index in [2.05, 4.69) is 55.0 Å². The monoisotopic (exact) mass is 542 g/mol. The Kier molecular flexibility index (Phi) is 9.14. The smallest absolute Gasteiger partial charge is 0.178 e. The minimum atomic E-state index is 0.159. The van der Waals surface area contributed by atoms with Gasteiger partial charge in [-0.2, -0.15) is 14.1 Å². The second-order valence-electron chi connectivity index (χ2n) is 8.89. The first-order chi connectivity index (χ1) is 18.8. The van der Waals surface area contributed by atoms with Crippen molar-refractivity contribution in [1.82, 2.24) is 39.6 Å². The number of fused-ring (bicyclic) bond motifs is 2. The van der Waals surface area contributed by atoms with Gasteiger partial charge in [0.25, 0.3) is 0 Å². The average molecular weight is 543 g/mol. The number of nitrogens with two attached hydrogens (primary N) is 1. The summed E-state index contributed by atoms with van der Waals surface area (Å²) in [7, 11) is 0. The number of aryl methyl sites for hydroxylation is 2. The molecule has 0 saturated carbocycles. The van der Waals surface area contributed by atoms with E-state index in [1.54, 1.807) is 21.2 Å². The Morgan fingerprint density at radius 1 is 0.667 bits per heavy atom. The minimum absolute atomic E-state index is 0.159. The lowest BCUT2D eigenvalue weighted by molar-refractivity contribution is 0.818. The van der Waals surface area contributed by atoms with Crippen molar-refractivity contribution in [2.24, 2.45) is 5.73 Å². The molecular formula is C28H31ClN10. The zero-order valence-corrected chi connectivity index (χ0v) is 23.0. The molecule has 0 aliphatic heterocycles. The molecule has 0 bridgehead atoms. The van der Waals surface area contributed by atoms with E-state index in [0.29, 0.717) is 10.8 Å². The highest BCUT2D eigenvalue weighted by Gasteiger charge is 2.08. The van der Waals surface area contributed by atoms with Crippen LogP contribution in [0.4, 0.5) is 5.82 Å². The van der Waals surface area contributed by atoms with Gasteiger partial charge in [0, 0.05) is 12.1 Å². The number of halogens is 1. The zero-order chi connectivity index (χ0) is 27.8. The molecule has 2 atom stereocenters. The lowest BCUT2D eigenvalue weighted by Crippen LogP contribution is -2.09. The van der Waals surface area contributed by atoms with Crippen LogP contribution in [0.5, 0.6) is 0 Å². The third-order valence-electron chi connectivity index (χ3n) is 5.79. The average Bonchev–Trinajstić information content (AvgIpc) is 3.52. The maximum atomic E-state index is 5.66. The Morgan fingerprint density at radius 3 is 1.72 bits per heavy atom. The second-order valence-corrected chi connectivity index (χ2v) is 9.27. The van der Waals surface area contributed by atoms with Crippen LogP contribution in [0.25, 0.3) is 11.3 Å². The van der Waals surface area contributed by atoms with Gasteiger partial charge in [-0.05, 0) is 63.1 Å². The highest BCUT2D eigenvalue weighted by atomic mass is 35.5. The van der Waals surface area contributed by atoms with Crippen molar-refractivity contribution in [2.75, 3.05) is 5.32 Å². The quantitative estimate of drug-likeness (QED) is 0.303. The Morgan fingerprint density at radius 2 is 1.18 bits per heavy atom. The predicted octanol–water partition coefficient (Wildman–Crippen LogP) is 5.40. The fourth-order valence-corrected chi connectivity index (χ4v) is 3.79. The summed E-state index contributed by atoms with van der Waals surface area (Å²) < 4.78 is 3.34. The third-order valence-corrected chi connectivity index (χ3v) is 6.00. The van der Waals surface area contributed by atoms with Gasteiger partial charge in [0.05, 0.1) is 0 Å². The second kappa shape index (κ2) is 12.9. The Hall–Kier alpha value is -4.41. The summed E-state index contributed by atoms with van der Waals surface area (Å²) in [4.78, 5) is 0. The van der Waals surface area contributed by atoms with E-state index in [1.165, 1.54) is 11.1 Å². The van der Waals surface area contributed by atoms with Gasteiger partial charge in [-0.1, -0.05) is 72.3 Å². The van der Waals surface area contributed by atoms with Crippen molar-refractivity contribution in [3.8, 4) is 0 Å². The van der Waals surface area contributed by atoms with Crippen molar-refractivity contribution < 1.29 is 0 Å². The molecule has 2 aromatic carbocycles. The Balaban J connectivity index is 0.000000149. The third kappa shape index (κ3) is 7.34. The molecular weight excluding hydrogens is 512 g/mol. The molecule has 10 nitrogen and oxygen atoms in total. The number of benzene rings is 2. The van der Waals surface area contributed by atoms with Gasteiger partial charge in [-0.25, -0.2) is 0 Å². The van der Waals surface area contributed by atoms with Crippen LogP contribution in [0.15, 0.2) is 84.9 Å². The van der Waals surface area contributed by atoms with Crippen LogP contribution in [0.2, 0.25) is 5.15 Å². The summed E-state index contributed by atoms with van der Waals surface area (Å²) >= 11 is 5.66. The first-order valence-electron chi connectivity index (χ1n) is 12.5. The SMILES string of the molecule is CC(N)c1ccccc1.Cc1nnc2ccc(Cl)nn12.Cc1nnc2ccc(NC(C)c3ccccc3)nn12. The van der Waals surface area contributed by atoms with Gasteiger partial charge < -0.3 is 11.1 Å². The molecule has 0 saturated heterocycles. The van der Waals surface area contributed by atoms with Gasteiger partial charge >= 0.3 is 0 Å². The van der Waals surface area contributed by atoms with Gasteiger partial charge in [-0.3, -0.25) is 0 Å². The van der Waals surface area contributed by atoms with E-state index in [4.69, 9.17) is 17.3 Å². The summed E-state index contributed by atoms with van der Waals surface area (Å²) in [6.07, 6.45) is 0. The van der Waals surface area contributed by atoms with E-state index < -0.39 is 0 Å². The molecule has 0 radical (unpaired) electrons. The van der Waals surface area contributed by atoms with Gasteiger partial charge in [0.1, 0.15) is 11.0 Å². The van der Waals surface area contributed by atoms with Crippen LogP contribution in [0.1, 0.15) is 48.7 Å². The molecule has 4 aromatic heterocycles. The maximum absolute atomic E-state index is 5.66. The van der Waals surface area contributed by atoms with E-state index in [0.717, 1.165) is 23.1 Å². The molecule has 2 unspecified atom stereocenters. The van der Waals surface area contributed by atoms with Crippen LogP contribution in [0.3, 0.4) is 0 Å². The molecule has 3 N–H and O–H groups in total. The fraction of sp³-hybridized carbons (Fsp3) is 0.214. The molecule has 0 amide bonds. The van der Waals surface area contributed by atoms with E-state index in [9.17, 15) is 0 Å². The Labute approximate surface area is 231 Å². The van der Waals surface area contributed by atoms with Crippen molar-refractivity contribution in [3.63, 3.8) is 0 Å². The molecule has 39 heavy (non-hydrogen) atoms. The number of hydrogen-bond acceptors (Lipinski definition) is 8. The van der Waals surface area contributed by atoms with Crippen molar-refractivity contribution in [3.05, 3.63) is 113 Å². The summed E-state index contributed by atoms with van der Waals surface area (Å²) in [5.74, 6) is 2.33. The fourth-order valence-electron chi connectivity index (χ4n) is 3.65. The number of rotatable bonds is 4. The van der Waals surface area contributed by atoms with Gasteiger partial charge in [-0.15, -0.1) is 25.5 Å². The number of hydrogen-bond donors (Lipinski definition) is 2. The predicted molar refractivity (Wildman–Crippen MR) is 154 cm³/mol. The van der Waals surface area contributed by atoms with E-state index in [-0.39, 0.29) is 12.1 Å². The molecule has 6 rings (SSSR count). The summed E-state index contributed by atoms with van der Waals surface area (Å²) in [6.45, 7) is 7.80. The Bertz CT molecular complexity index is 1610. The normalized spacial score (nSPS) is 12.2. The number of aromatic nitrogens is 8. The van der Waals surface area contributed by atoms with E-state index in [1.807, 2.05) is 81.4 Å². The molecule has 0 spiro atoms. The highest BCUT2D eigenvalue weighted by Crippen LogP contribution is 2.17. The van der Waals surface area contributed by atoms with Crippen LogP contribution < -0.4 is 11.1 Å². The van der Waals surface area contributed by atoms with Crippen molar-refractivity contribution in [2.45, 2.75) is 39.8 Å². The molecule has 11 heteroatoms. The topological polar surface area (TPSA) is 124 Å². The number of anilines is 1. The summed E-state index contributed by atoms with van der Waals surface area (Å²) in [5.41, 5.74) is 9.51. The largest absolute Gasteiger partial charge is 0.362 e. The van der Waals surface area contributed by atoms with Crippen LogP contribution in [-0.4, -0.2) is 39.6 Å². The summed E-state index contributed by atoms with van der Waals surface area (Å²) in [5, 5.41) is 28.0. The highest BCUT2D eigenvalue weighted by molar-refractivity contribution is 6.29. The molecule has 200 valence electrons. The number of nitrogens with one attached hydrogen (secondary N) is 1. The molecule has 0 aliphatic carbocycles. The van der Waals surface area contributed by atoms with Crippen LogP contribution in [-0.2, 0) is 0 Å². The zero-order valence-electron chi connectivity index (χ0n) is 22.3. The van der Waals surface area contributed by atoms with E-state index >= 15 is 0 Å². The van der Waals surface area contributed by atoms with Crippen LogP contribution in [0, 0.1) is 13.8 Å². The van der Waals surface area contributed by atoms with Gasteiger partial charge in [0.15, 0.2) is 22.9 Å². The number of nitrogens with zero attached hydrogens (tertiary/aromatic N) is 8. The standard InChI is InChI=1S/C14H15N5.C8H11N.C6H5ClN4/c1-10(12-6-4-3-5-7-12)15-13-8-9-14-17-16-11(2)19(14)18-13;1-7(9)8-5-3-2-4-6-8;1-4-8-9-6-3-2-5(7)10-11(4)6/h3-10H,1-2H3,(H,15,18);2-7H,9H2,1H3;2-3H,1H3. The first kappa shape index (κ1) is 27.6. The van der Waals surface area contributed by atoms with Gasteiger partial charge in [0.2, 0.25) is 0 Å².